The Morgan fingerprint density at radius 3 is 2.89 bits per heavy atom. The van der Waals surface area contributed by atoms with Gasteiger partial charge in [0.15, 0.2) is 5.76 Å². The SMILES string of the molecule is Cc1ccc2oc(C(=O)C3CCOC3)c(C)c2c1. The molecule has 1 aromatic carbocycles. The molecule has 3 nitrogen and oxygen atoms in total. The molecular weight excluding hydrogens is 228 g/mol. The van der Waals surface area contributed by atoms with E-state index >= 15 is 0 Å². The summed E-state index contributed by atoms with van der Waals surface area (Å²) in [6, 6.07) is 5.99. The van der Waals surface area contributed by atoms with Crippen LogP contribution in [-0.4, -0.2) is 19.0 Å². The van der Waals surface area contributed by atoms with Gasteiger partial charge in [-0.05, 0) is 32.4 Å². The van der Waals surface area contributed by atoms with Gasteiger partial charge in [0.05, 0.1) is 12.5 Å². The average Bonchev–Trinajstić information content (AvgIpc) is 2.98. The van der Waals surface area contributed by atoms with Gasteiger partial charge in [-0.25, -0.2) is 0 Å². The summed E-state index contributed by atoms with van der Waals surface area (Å²) in [5.41, 5.74) is 2.92. The van der Waals surface area contributed by atoms with E-state index < -0.39 is 0 Å². The second-order valence-electron chi connectivity index (χ2n) is 4.98. The minimum Gasteiger partial charge on any atom is -0.453 e. The van der Waals surface area contributed by atoms with Crippen LogP contribution in [0.15, 0.2) is 22.6 Å². The summed E-state index contributed by atoms with van der Waals surface area (Å²) >= 11 is 0. The lowest BCUT2D eigenvalue weighted by Gasteiger charge is -2.03. The van der Waals surface area contributed by atoms with E-state index in [2.05, 4.69) is 6.07 Å². The zero-order chi connectivity index (χ0) is 12.7. The number of aryl methyl sites for hydroxylation is 2. The molecule has 2 heterocycles. The fraction of sp³-hybridized carbons (Fsp3) is 0.400. The van der Waals surface area contributed by atoms with Crippen LogP contribution in [0.2, 0.25) is 0 Å². The van der Waals surface area contributed by atoms with Gasteiger partial charge in [0.25, 0.3) is 0 Å². The van der Waals surface area contributed by atoms with E-state index in [0.29, 0.717) is 19.0 Å². The number of carbonyl (C=O) groups is 1. The number of benzene rings is 1. The van der Waals surface area contributed by atoms with Gasteiger partial charge in [0.1, 0.15) is 5.58 Å². The van der Waals surface area contributed by atoms with Crippen molar-refractivity contribution in [2.45, 2.75) is 20.3 Å². The van der Waals surface area contributed by atoms with Crippen LogP contribution in [0.25, 0.3) is 11.0 Å². The zero-order valence-electron chi connectivity index (χ0n) is 10.7. The number of hydrogen-bond donors (Lipinski definition) is 0. The number of hydrogen-bond acceptors (Lipinski definition) is 3. The first-order valence-electron chi connectivity index (χ1n) is 6.28. The molecule has 0 radical (unpaired) electrons. The first-order chi connectivity index (χ1) is 8.66. The summed E-state index contributed by atoms with van der Waals surface area (Å²) < 4.78 is 11.0. The molecule has 1 aromatic heterocycles. The zero-order valence-corrected chi connectivity index (χ0v) is 10.7. The lowest BCUT2D eigenvalue weighted by Crippen LogP contribution is -2.14. The molecule has 3 heteroatoms. The summed E-state index contributed by atoms with van der Waals surface area (Å²) in [7, 11) is 0. The number of ketones is 1. The van der Waals surface area contributed by atoms with E-state index in [1.165, 1.54) is 5.56 Å². The smallest absolute Gasteiger partial charge is 0.203 e. The minimum absolute atomic E-state index is 0.0367. The quantitative estimate of drug-likeness (QED) is 0.761. The minimum atomic E-state index is -0.0367. The highest BCUT2D eigenvalue weighted by Gasteiger charge is 2.28. The van der Waals surface area contributed by atoms with Gasteiger partial charge in [-0.2, -0.15) is 0 Å². The second kappa shape index (κ2) is 4.25. The summed E-state index contributed by atoms with van der Waals surface area (Å²) in [4.78, 5) is 12.3. The number of ether oxygens (including phenoxy) is 1. The van der Waals surface area contributed by atoms with Gasteiger partial charge < -0.3 is 9.15 Å². The monoisotopic (exact) mass is 244 g/mol. The van der Waals surface area contributed by atoms with Gasteiger partial charge in [-0.1, -0.05) is 11.6 Å². The van der Waals surface area contributed by atoms with Crippen LogP contribution in [0.3, 0.4) is 0 Å². The Balaban J connectivity index is 2.06. The van der Waals surface area contributed by atoms with Gasteiger partial charge in [-0.15, -0.1) is 0 Å². The van der Waals surface area contributed by atoms with Crippen LogP contribution in [0.1, 0.15) is 28.1 Å². The van der Waals surface area contributed by atoms with Gasteiger partial charge in [0.2, 0.25) is 5.78 Å². The maximum Gasteiger partial charge on any atom is 0.203 e. The van der Waals surface area contributed by atoms with Crippen molar-refractivity contribution in [3.05, 3.63) is 35.1 Å². The van der Waals surface area contributed by atoms with Crippen LogP contribution in [0.5, 0.6) is 0 Å². The Labute approximate surface area is 106 Å². The van der Waals surface area contributed by atoms with E-state index in [1.807, 2.05) is 26.0 Å². The van der Waals surface area contributed by atoms with E-state index in [1.54, 1.807) is 0 Å². The fourth-order valence-electron chi connectivity index (χ4n) is 2.50. The van der Waals surface area contributed by atoms with Crippen molar-refractivity contribution in [1.82, 2.24) is 0 Å². The number of carbonyl (C=O) groups excluding carboxylic acids is 1. The largest absolute Gasteiger partial charge is 0.453 e. The highest BCUT2D eigenvalue weighted by molar-refractivity contribution is 6.01. The molecule has 1 aliphatic heterocycles. The Hall–Kier alpha value is -1.61. The Morgan fingerprint density at radius 1 is 1.33 bits per heavy atom. The normalized spacial score (nSPS) is 19.6. The Morgan fingerprint density at radius 2 is 2.17 bits per heavy atom. The molecule has 1 aliphatic rings. The molecule has 0 saturated carbocycles. The number of Topliss-reactive ketones (excluding diaryl/α,β-unsaturated/α-hetero) is 1. The first-order valence-corrected chi connectivity index (χ1v) is 6.28. The van der Waals surface area contributed by atoms with Crippen molar-refractivity contribution >= 4 is 16.8 Å². The van der Waals surface area contributed by atoms with Crippen molar-refractivity contribution in [3.63, 3.8) is 0 Å². The van der Waals surface area contributed by atoms with Crippen molar-refractivity contribution in [2.24, 2.45) is 5.92 Å². The van der Waals surface area contributed by atoms with Crippen LogP contribution >= 0.6 is 0 Å². The maximum atomic E-state index is 12.3. The topological polar surface area (TPSA) is 39.4 Å². The fourth-order valence-corrected chi connectivity index (χ4v) is 2.50. The molecule has 3 rings (SSSR count). The van der Waals surface area contributed by atoms with E-state index in [0.717, 1.165) is 23.0 Å². The molecule has 1 unspecified atom stereocenters. The summed E-state index contributed by atoms with van der Waals surface area (Å²) in [5.74, 6) is 0.551. The molecule has 0 N–H and O–H groups in total. The van der Waals surface area contributed by atoms with Gasteiger partial charge in [-0.3, -0.25) is 4.79 Å². The van der Waals surface area contributed by atoms with Crippen molar-refractivity contribution in [1.29, 1.82) is 0 Å². The number of fused-ring (bicyclic) bond motifs is 1. The Bertz CT molecular complexity index is 603. The third-order valence-corrected chi connectivity index (χ3v) is 3.62. The third-order valence-electron chi connectivity index (χ3n) is 3.62. The Kier molecular flexibility index (Phi) is 2.71. The van der Waals surface area contributed by atoms with Crippen LogP contribution < -0.4 is 0 Å². The molecule has 18 heavy (non-hydrogen) atoms. The average molecular weight is 244 g/mol. The van der Waals surface area contributed by atoms with Crippen LogP contribution in [-0.2, 0) is 4.74 Å². The summed E-state index contributed by atoms with van der Waals surface area (Å²) in [6.45, 7) is 5.19. The van der Waals surface area contributed by atoms with Crippen LogP contribution in [0.4, 0.5) is 0 Å². The predicted octanol–water partition coefficient (Wildman–Crippen LogP) is 3.27. The molecule has 1 fully saturated rings. The lowest BCUT2D eigenvalue weighted by atomic mass is 9.99. The van der Waals surface area contributed by atoms with E-state index in [-0.39, 0.29) is 11.7 Å². The molecule has 0 aliphatic carbocycles. The third kappa shape index (κ3) is 1.75. The molecule has 1 atom stereocenters. The summed E-state index contributed by atoms with van der Waals surface area (Å²) in [6.07, 6.45) is 0.800. The lowest BCUT2D eigenvalue weighted by molar-refractivity contribution is 0.0873. The molecule has 94 valence electrons. The number of furan rings is 1. The van der Waals surface area contributed by atoms with E-state index in [4.69, 9.17) is 9.15 Å². The highest BCUT2D eigenvalue weighted by Crippen LogP contribution is 2.29. The van der Waals surface area contributed by atoms with Crippen molar-refractivity contribution < 1.29 is 13.9 Å². The molecular formula is C15H16O3. The van der Waals surface area contributed by atoms with Crippen molar-refractivity contribution in [3.8, 4) is 0 Å². The summed E-state index contributed by atoms with van der Waals surface area (Å²) in [5, 5.41) is 1.04. The van der Waals surface area contributed by atoms with Gasteiger partial charge >= 0.3 is 0 Å². The molecule has 2 aromatic rings. The predicted molar refractivity (Wildman–Crippen MR) is 68.9 cm³/mol. The van der Waals surface area contributed by atoms with Gasteiger partial charge in [0, 0.05) is 17.6 Å². The van der Waals surface area contributed by atoms with Crippen LogP contribution in [0, 0.1) is 19.8 Å². The molecule has 0 amide bonds. The molecule has 1 saturated heterocycles. The second-order valence-corrected chi connectivity index (χ2v) is 4.98. The standard InChI is InChI=1S/C15H16O3/c1-9-3-4-13-12(7-9)10(2)15(18-13)14(16)11-5-6-17-8-11/h3-4,7,11H,5-6,8H2,1-2H3. The highest BCUT2D eigenvalue weighted by atomic mass is 16.5. The molecule has 0 bridgehead atoms. The molecule has 0 spiro atoms. The number of rotatable bonds is 2. The van der Waals surface area contributed by atoms with Crippen molar-refractivity contribution in [2.75, 3.05) is 13.2 Å². The first kappa shape index (κ1) is 11.5. The van der Waals surface area contributed by atoms with E-state index in [9.17, 15) is 4.79 Å². The maximum absolute atomic E-state index is 12.3.